The van der Waals surface area contributed by atoms with E-state index >= 15 is 0 Å². The van der Waals surface area contributed by atoms with Gasteiger partial charge < -0.3 is 15.0 Å². The Bertz CT molecular complexity index is 744. The number of rotatable bonds is 8. The van der Waals surface area contributed by atoms with E-state index in [1.54, 1.807) is 0 Å². The van der Waals surface area contributed by atoms with Gasteiger partial charge in [-0.05, 0) is 83.1 Å². The van der Waals surface area contributed by atoms with E-state index in [1.807, 2.05) is 67.5 Å². The van der Waals surface area contributed by atoms with Crippen LogP contribution in [0.3, 0.4) is 0 Å². The van der Waals surface area contributed by atoms with Crippen molar-refractivity contribution in [2.45, 2.75) is 52.9 Å². The van der Waals surface area contributed by atoms with E-state index in [9.17, 15) is 4.79 Å². The second-order valence-corrected chi connectivity index (χ2v) is 7.77. The summed E-state index contributed by atoms with van der Waals surface area (Å²) in [7, 11) is 3.95. The third-order valence-corrected chi connectivity index (χ3v) is 4.68. The molecule has 28 heavy (non-hydrogen) atoms. The molecule has 1 N–H and O–H groups in total. The molecule has 5 heteroatoms. The molecule has 0 saturated carbocycles. The van der Waals surface area contributed by atoms with Crippen LogP contribution in [-0.2, 0) is 0 Å². The topological polar surface area (TPSA) is 44.8 Å². The molecule has 2 rings (SSSR count). The number of nitrogens with zero attached hydrogens (tertiary/aromatic N) is 2. The Morgan fingerprint density at radius 3 is 1.86 bits per heavy atom. The Labute approximate surface area is 169 Å². The van der Waals surface area contributed by atoms with Crippen molar-refractivity contribution in [1.82, 2.24) is 4.90 Å². The Kier molecular flexibility index (Phi) is 7.46. The summed E-state index contributed by atoms with van der Waals surface area (Å²) in [6, 6.07) is 15.8. The van der Waals surface area contributed by atoms with E-state index < -0.39 is 0 Å². The SMILES string of the molecule is CC(C)N(C(C)C)C(C)Oc1ccc(NC(=O)c2ccc(N(C)C)cc2)cc1. The molecule has 0 aliphatic carbocycles. The number of amides is 1. The highest BCUT2D eigenvalue weighted by Crippen LogP contribution is 2.21. The number of carbonyl (C=O) groups excluding carboxylic acids is 1. The first-order chi connectivity index (χ1) is 13.2. The van der Waals surface area contributed by atoms with Crippen LogP contribution in [-0.4, -0.2) is 43.2 Å². The number of anilines is 2. The summed E-state index contributed by atoms with van der Waals surface area (Å²) in [5, 5.41) is 2.93. The van der Waals surface area contributed by atoms with E-state index in [-0.39, 0.29) is 12.1 Å². The average molecular weight is 384 g/mol. The van der Waals surface area contributed by atoms with Crippen LogP contribution in [0.25, 0.3) is 0 Å². The van der Waals surface area contributed by atoms with Gasteiger partial charge in [0.15, 0.2) is 0 Å². The standard InChI is InChI=1S/C23H33N3O2/c1-16(2)26(17(3)4)18(5)28-22-14-10-20(11-15-22)24-23(27)19-8-12-21(13-9-19)25(6)7/h8-18H,1-7H3,(H,24,27). The Hall–Kier alpha value is -2.53. The summed E-state index contributed by atoms with van der Waals surface area (Å²) in [4.78, 5) is 16.7. The van der Waals surface area contributed by atoms with E-state index in [0.717, 1.165) is 17.1 Å². The first-order valence-electron chi connectivity index (χ1n) is 9.82. The summed E-state index contributed by atoms with van der Waals surface area (Å²) >= 11 is 0. The van der Waals surface area contributed by atoms with Gasteiger partial charge in [0, 0.05) is 43.1 Å². The molecule has 0 spiro atoms. The van der Waals surface area contributed by atoms with E-state index in [0.29, 0.717) is 17.6 Å². The lowest BCUT2D eigenvalue weighted by Gasteiger charge is -2.36. The van der Waals surface area contributed by atoms with E-state index in [1.165, 1.54) is 0 Å². The second-order valence-electron chi connectivity index (χ2n) is 7.77. The monoisotopic (exact) mass is 383 g/mol. The highest BCUT2D eigenvalue weighted by atomic mass is 16.5. The normalized spacial score (nSPS) is 12.4. The molecular formula is C23H33N3O2. The predicted octanol–water partition coefficient (Wildman–Crippen LogP) is 4.85. The smallest absolute Gasteiger partial charge is 0.255 e. The zero-order valence-electron chi connectivity index (χ0n) is 18.1. The summed E-state index contributed by atoms with van der Waals surface area (Å²) in [5.41, 5.74) is 2.43. The van der Waals surface area contributed by atoms with Crippen LogP contribution in [0.2, 0.25) is 0 Å². The molecule has 0 saturated heterocycles. The first kappa shape index (κ1) is 21.8. The van der Waals surface area contributed by atoms with Crippen LogP contribution in [0.4, 0.5) is 11.4 Å². The molecule has 0 fully saturated rings. The highest BCUT2D eigenvalue weighted by molar-refractivity contribution is 6.04. The lowest BCUT2D eigenvalue weighted by atomic mass is 10.2. The quantitative estimate of drug-likeness (QED) is 0.662. The van der Waals surface area contributed by atoms with Crippen molar-refractivity contribution in [2.75, 3.05) is 24.3 Å². The minimum atomic E-state index is -0.127. The van der Waals surface area contributed by atoms with Crippen LogP contribution in [0, 0.1) is 0 Å². The molecule has 1 unspecified atom stereocenters. The summed E-state index contributed by atoms with van der Waals surface area (Å²) in [6.45, 7) is 10.7. The van der Waals surface area contributed by atoms with Crippen LogP contribution in [0.15, 0.2) is 48.5 Å². The molecule has 2 aromatic rings. The highest BCUT2D eigenvalue weighted by Gasteiger charge is 2.21. The van der Waals surface area contributed by atoms with Crippen molar-refractivity contribution in [2.24, 2.45) is 0 Å². The van der Waals surface area contributed by atoms with Crippen molar-refractivity contribution in [3.05, 3.63) is 54.1 Å². The molecule has 2 aromatic carbocycles. The third kappa shape index (κ3) is 5.73. The Balaban J connectivity index is 1.99. The number of carbonyl (C=O) groups is 1. The van der Waals surface area contributed by atoms with Crippen molar-refractivity contribution in [3.8, 4) is 5.75 Å². The molecule has 5 nitrogen and oxygen atoms in total. The van der Waals surface area contributed by atoms with Gasteiger partial charge in [0.2, 0.25) is 0 Å². The van der Waals surface area contributed by atoms with Gasteiger partial charge in [-0.15, -0.1) is 0 Å². The molecule has 0 aromatic heterocycles. The second kappa shape index (κ2) is 9.60. The molecular weight excluding hydrogens is 350 g/mol. The van der Waals surface area contributed by atoms with Gasteiger partial charge in [-0.25, -0.2) is 0 Å². The van der Waals surface area contributed by atoms with Gasteiger partial charge in [-0.2, -0.15) is 0 Å². The molecule has 0 aliphatic rings. The maximum atomic E-state index is 12.4. The zero-order chi connectivity index (χ0) is 20.8. The fraction of sp³-hybridized carbons (Fsp3) is 0.435. The van der Waals surface area contributed by atoms with Gasteiger partial charge in [-0.1, -0.05) is 0 Å². The number of hydrogen-bond donors (Lipinski definition) is 1. The van der Waals surface area contributed by atoms with E-state index in [2.05, 4.69) is 44.8 Å². The molecule has 0 heterocycles. The number of nitrogens with one attached hydrogen (secondary N) is 1. The maximum absolute atomic E-state index is 12.4. The Morgan fingerprint density at radius 1 is 0.857 bits per heavy atom. The molecule has 0 radical (unpaired) electrons. The maximum Gasteiger partial charge on any atom is 0.255 e. The van der Waals surface area contributed by atoms with Crippen molar-refractivity contribution >= 4 is 17.3 Å². The molecule has 0 aliphatic heterocycles. The van der Waals surface area contributed by atoms with Crippen LogP contribution in [0.1, 0.15) is 45.0 Å². The number of benzene rings is 2. The van der Waals surface area contributed by atoms with Crippen LogP contribution < -0.4 is 15.0 Å². The van der Waals surface area contributed by atoms with Gasteiger partial charge in [0.05, 0.1) is 0 Å². The van der Waals surface area contributed by atoms with Crippen molar-refractivity contribution in [1.29, 1.82) is 0 Å². The average Bonchev–Trinajstić information content (AvgIpc) is 2.62. The Morgan fingerprint density at radius 2 is 1.39 bits per heavy atom. The zero-order valence-corrected chi connectivity index (χ0v) is 18.1. The predicted molar refractivity (Wildman–Crippen MR) is 117 cm³/mol. The van der Waals surface area contributed by atoms with Gasteiger partial charge in [-0.3, -0.25) is 9.69 Å². The minimum Gasteiger partial charge on any atom is -0.475 e. The fourth-order valence-corrected chi connectivity index (χ4v) is 3.42. The van der Waals surface area contributed by atoms with Gasteiger partial charge in [0.25, 0.3) is 5.91 Å². The van der Waals surface area contributed by atoms with Crippen molar-refractivity contribution in [3.63, 3.8) is 0 Å². The lowest BCUT2D eigenvalue weighted by Crippen LogP contribution is -2.46. The molecule has 0 bridgehead atoms. The molecule has 1 atom stereocenters. The summed E-state index contributed by atoms with van der Waals surface area (Å²) in [5.74, 6) is 0.658. The largest absolute Gasteiger partial charge is 0.475 e. The number of hydrogen-bond acceptors (Lipinski definition) is 4. The minimum absolute atomic E-state index is 0.0318. The number of ether oxygens (including phenoxy) is 1. The van der Waals surface area contributed by atoms with Crippen LogP contribution >= 0.6 is 0 Å². The van der Waals surface area contributed by atoms with E-state index in [4.69, 9.17) is 4.74 Å². The summed E-state index contributed by atoms with van der Waals surface area (Å²) < 4.78 is 6.09. The van der Waals surface area contributed by atoms with Gasteiger partial charge >= 0.3 is 0 Å². The fourth-order valence-electron chi connectivity index (χ4n) is 3.42. The molecule has 1 amide bonds. The van der Waals surface area contributed by atoms with Crippen molar-refractivity contribution < 1.29 is 9.53 Å². The van der Waals surface area contributed by atoms with Gasteiger partial charge in [0.1, 0.15) is 12.0 Å². The molecule has 152 valence electrons. The first-order valence-corrected chi connectivity index (χ1v) is 9.82. The third-order valence-electron chi connectivity index (χ3n) is 4.68. The van der Waals surface area contributed by atoms with Crippen LogP contribution in [0.5, 0.6) is 5.75 Å². The summed E-state index contributed by atoms with van der Waals surface area (Å²) in [6.07, 6.45) is -0.0318. The lowest BCUT2D eigenvalue weighted by molar-refractivity contribution is -0.00560.